The van der Waals surface area contributed by atoms with Gasteiger partial charge in [0.25, 0.3) is 0 Å². The molecule has 0 aliphatic carbocycles. The number of rotatable bonds is 4. The lowest BCUT2D eigenvalue weighted by Gasteiger charge is -2.29. The lowest BCUT2D eigenvalue weighted by atomic mass is 9.85. The fraction of sp³-hybridized carbons (Fsp3) is 0.444. The molecule has 22 heavy (non-hydrogen) atoms. The van der Waals surface area contributed by atoms with Crippen LogP contribution in [0.1, 0.15) is 31.4 Å². The zero-order valence-electron chi connectivity index (χ0n) is 13.0. The minimum absolute atomic E-state index is 0. The van der Waals surface area contributed by atoms with E-state index in [-0.39, 0.29) is 18.4 Å². The van der Waals surface area contributed by atoms with Crippen LogP contribution >= 0.6 is 12.4 Å². The fourth-order valence-electron chi connectivity index (χ4n) is 3.21. The molecule has 1 fully saturated rings. The van der Waals surface area contributed by atoms with Gasteiger partial charge in [0.15, 0.2) is 0 Å². The van der Waals surface area contributed by atoms with Gasteiger partial charge in [0.05, 0.1) is 6.61 Å². The summed E-state index contributed by atoms with van der Waals surface area (Å²) in [5.41, 5.74) is 7.79. The second kappa shape index (κ2) is 7.82. The molecule has 1 aliphatic rings. The highest BCUT2D eigenvalue weighted by Gasteiger charge is 2.26. The molecule has 0 bridgehead atoms. The molecule has 0 amide bonds. The zero-order valence-corrected chi connectivity index (χ0v) is 13.8. The van der Waals surface area contributed by atoms with Crippen molar-refractivity contribution < 1.29 is 9.47 Å². The van der Waals surface area contributed by atoms with Gasteiger partial charge in [0, 0.05) is 24.8 Å². The second-order valence-electron chi connectivity index (χ2n) is 5.61. The Morgan fingerprint density at radius 3 is 2.64 bits per heavy atom. The molecular formula is C18H24ClNO2. The fourth-order valence-corrected chi connectivity index (χ4v) is 3.21. The minimum Gasteiger partial charge on any atom is -0.494 e. The van der Waals surface area contributed by atoms with E-state index >= 15 is 0 Å². The van der Waals surface area contributed by atoms with E-state index in [1.165, 1.54) is 10.8 Å². The first kappa shape index (κ1) is 17.1. The molecule has 2 N–H and O–H groups in total. The maximum atomic E-state index is 6.63. The summed E-state index contributed by atoms with van der Waals surface area (Å²) in [6.45, 7) is 4.30. The summed E-state index contributed by atoms with van der Waals surface area (Å²) in [7, 11) is 0. The Kier molecular flexibility index (Phi) is 6.07. The largest absolute Gasteiger partial charge is 0.494 e. The third kappa shape index (κ3) is 3.37. The average Bonchev–Trinajstić information content (AvgIpc) is 2.55. The molecule has 1 saturated heterocycles. The molecule has 0 saturated carbocycles. The van der Waals surface area contributed by atoms with Crippen molar-refractivity contribution in [3.63, 3.8) is 0 Å². The van der Waals surface area contributed by atoms with Crippen LogP contribution in [0.4, 0.5) is 0 Å². The van der Waals surface area contributed by atoms with Gasteiger partial charge in [-0.15, -0.1) is 12.4 Å². The maximum Gasteiger partial charge on any atom is 0.124 e. The number of fused-ring (bicyclic) bond motifs is 1. The third-order valence-electron chi connectivity index (χ3n) is 4.34. The van der Waals surface area contributed by atoms with E-state index in [2.05, 4.69) is 36.4 Å². The monoisotopic (exact) mass is 321 g/mol. The molecule has 0 spiro atoms. The first-order valence-electron chi connectivity index (χ1n) is 7.79. The van der Waals surface area contributed by atoms with Gasteiger partial charge in [-0.2, -0.15) is 0 Å². The number of hydrogen-bond acceptors (Lipinski definition) is 3. The van der Waals surface area contributed by atoms with Gasteiger partial charge in [-0.05, 0) is 42.5 Å². The quantitative estimate of drug-likeness (QED) is 0.922. The summed E-state index contributed by atoms with van der Waals surface area (Å²) < 4.78 is 11.3. The van der Waals surface area contributed by atoms with Crippen LogP contribution in [-0.2, 0) is 4.74 Å². The van der Waals surface area contributed by atoms with Crippen molar-refractivity contribution >= 4 is 23.2 Å². The Bertz CT molecular complexity index is 611. The first-order chi connectivity index (χ1) is 10.3. The lowest BCUT2D eigenvalue weighted by molar-refractivity contribution is 0.0582. The van der Waals surface area contributed by atoms with E-state index in [1.54, 1.807) is 0 Å². The highest BCUT2D eigenvalue weighted by atomic mass is 35.5. The Balaban J connectivity index is 0.00000176. The van der Waals surface area contributed by atoms with Crippen LogP contribution in [0.3, 0.4) is 0 Å². The highest BCUT2D eigenvalue weighted by Crippen LogP contribution is 2.38. The molecule has 2 aromatic carbocycles. The molecule has 1 atom stereocenters. The molecule has 3 nitrogen and oxygen atoms in total. The van der Waals surface area contributed by atoms with E-state index in [4.69, 9.17) is 15.2 Å². The second-order valence-corrected chi connectivity index (χ2v) is 5.61. The molecule has 1 aliphatic heterocycles. The predicted octanol–water partition coefficient (Wildman–Crippen LogP) is 4.09. The minimum atomic E-state index is 0. The third-order valence-corrected chi connectivity index (χ3v) is 4.34. The highest BCUT2D eigenvalue weighted by molar-refractivity contribution is 5.88. The summed E-state index contributed by atoms with van der Waals surface area (Å²) >= 11 is 0. The molecule has 4 heteroatoms. The van der Waals surface area contributed by atoms with E-state index in [1.807, 2.05) is 6.92 Å². The van der Waals surface area contributed by atoms with Gasteiger partial charge >= 0.3 is 0 Å². The Hall–Kier alpha value is -1.29. The Morgan fingerprint density at radius 1 is 1.18 bits per heavy atom. The summed E-state index contributed by atoms with van der Waals surface area (Å²) in [6, 6.07) is 12.6. The van der Waals surface area contributed by atoms with Crippen LogP contribution < -0.4 is 10.5 Å². The summed E-state index contributed by atoms with van der Waals surface area (Å²) in [4.78, 5) is 0. The van der Waals surface area contributed by atoms with Crippen LogP contribution in [0.15, 0.2) is 36.4 Å². The average molecular weight is 322 g/mol. The van der Waals surface area contributed by atoms with E-state index in [0.717, 1.165) is 37.4 Å². The topological polar surface area (TPSA) is 44.5 Å². The van der Waals surface area contributed by atoms with Crippen LogP contribution in [0, 0.1) is 5.92 Å². The van der Waals surface area contributed by atoms with Gasteiger partial charge in [-0.1, -0.05) is 30.3 Å². The van der Waals surface area contributed by atoms with E-state index in [0.29, 0.717) is 12.5 Å². The van der Waals surface area contributed by atoms with Gasteiger partial charge in [0.2, 0.25) is 0 Å². The smallest absolute Gasteiger partial charge is 0.124 e. The van der Waals surface area contributed by atoms with Gasteiger partial charge in [-0.3, -0.25) is 0 Å². The number of nitrogens with two attached hydrogens (primary N) is 1. The first-order valence-corrected chi connectivity index (χ1v) is 7.79. The van der Waals surface area contributed by atoms with Crippen molar-refractivity contribution in [1.29, 1.82) is 0 Å². The zero-order chi connectivity index (χ0) is 14.7. The molecule has 0 aromatic heterocycles. The van der Waals surface area contributed by atoms with Crippen molar-refractivity contribution in [2.45, 2.75) is 25.8 Å². The molecule has 2 aromatic rings. The normalized spacial score (nSPS) is 17.0. The Morgan fingerprint density at radius 2 is 1.91 bits per heavy atom. The molecule has 120 valence electrons. The molecular weight excluding hydrogens is 298 g/mol. The summed E-state index contributed by atoms with van der Waals surface area (Å²) in [5, 5.41) is 2.43. The standard InChI is InChI=1S/C18H23NO2.ClH/c1-2-21-16-8-7-13-5-3-4-6-15(13)17(16)18(19)14-9-11-20-12-10-14;/h3-8,14,18H,2,9-12,19H2,1H3;1H/t18-;/m0./s1. The van der Waals surface area contributed by atoms with Gasteiger partial charge in [0.1, 0.15) is 5.75 Å². The van der Waals surface area contributed by atoms with Crippen molar-refractivity contribution in [2.24, 2.45) is 11.7 Å². The summed E-state index contributed by atoms with van der Waals surface area (Å²) in [6.07, 6.45) is 2.05. The number of halogens is 1. The van der Waals surface area contributed by atoms with Crippen LogP contribution in [-0.4, -0.2) is 19.8 Å². The van der Waals surface area contributed by atoms with E-state index < -0.39 is 0 Å². The summed E-state index contributed by atoms with van der Waals surface area (Å²) in [5.74, 6) is 1.39. The van der Waals surface area contributed by atoms with Crippen molar-refractivity contribution in [1.82, 2.24) is 0 Å². The molecule has 3 rings (SSSR count). The van der Waals surface area contributed by atoms with Crippen molar-refractivity contribution in [3.05, 3.63) is 42.0 Å². The molecule has 0 unspecified atom stereocenters. The van der Waals surface area contributed by atoms with Crippen LogP contribution in [0.2, 0.25) is 0 Å². The lowest BCUT2D eigenvalue weighted by Crippen LogP contribution is -2.28. The molecule has 1 heterocycles. The van der Waals surface area contributed by atoms with Crippen LogP contribution in [0.25, 0.3) is 10.8 Å². The van der Waals surface area contributed by atoms with Gasteiger partial charge in [-0.25, -0.2) is 0 Å². The predicted molar refractivity (Wildman–Crippen MR) is 92.8 cm³/mol. The van der Waals surface area contributed by atoms with Gasteiger partial charge < -0.3 is 15.2 Å². The number of hydrogen-bond donors (Lipinski definition) is 1. The van der Waals surface area contributed by atoms with E-state index in [9.17, 15) is 0 Å². The number of ether oxygens (including phenoxy) is 2. The molecule has 0 radical (unpaired) electrons. The Labute approximate surface area is 138 Å². The maximum absolute atomic E-state index is 6.63. The van der Waals surface area contributed by atoms with Crippen LogP contribution in [0.5, 0.6) is 5.75 Å². The number of benzene rings is 2. The van der Waals surface area contributed by atoms with Crippen molar-refractivity contribution in [3.8, 4) is 5.75 Å². The van der Waals surface area contributed by atoms with Crippen molar-refractivity contribution in [2.75, 3.05) is 19.8 Å². The SMILES string of the molecule is CCOc1ccc2ccccc2c1[C@@H](N)C1CCOCC1.Cl.